The highest BCUT2D eigenvalue weighted by Crippen LogP contribution is 2.25. The van der Waals surface area contributed by atoms with Crippen molar-refractivity contribution in [2.24, 2.45) is 0 Å². The minimum absolute atomic E-state index is 0.0237. The molecule has 1 atom stereocenters. The predicted molar refractivity (Wildman–Crippen MR) is 136 cm³/mol. The van der Waals surface area contributed by atoms with Gasteiger partial charge in [0.1, 0.15) is 0 Å². The van der Waals surface area contributed by atoms with Crippen LogP contribution in [0.5, 0.6) is 0 Å². The zero-order valence-corrected chi connectivity index (χ0v) is 21.4. The standard InChI is InChI=1S/C27H36N4O5/c1-4-30(5-2)17-16-28-24(32)12-11-22-10-9-20-7-8-21(18-23(20)29-22)19(3)6-15-27(35)36-31-25(33)13-14-26(31)34/h7-10,18-19H,4-6,11-17H2,1-3H3,(H,28,32). The first-order chi connectivity index (χ1) is 17.3. The average Bonchev–Trinajstić information content (AvgIpc) is 3.20. The number of hydroxylamine groups is 2. The molecule has 3 rings (SSSR count). The molecular formula is C27H36N4O5. The van der Waals surface area contributed by atoms with Crippen LogP contribution in [0, 0.1) is 0 Å². The lowest BCUT2D eigenvalue weighted by Crippen LogP contribution is -2.34. The minimum Gasteiger partial charge on any atom is -0.355 e. The molecule has 2 aromatic rings. The number of imide groups is 1. The van der Waals surface area contributed by atoms with Crippen LogP contribution in [0.3, 0.4) is 0 Å². The molecule has 1 unspecified atom stereocenters. The number of carbonyl (C=O) groups is 4. The molecule has 1 aliphatic rings. The Hall–Kier alpha value is -3.33. The predicted octanol–water partition coefficient (Wildman–Crippen LogP) is 3.12. The smallest absolute Gasteiger partial charge is 0.333 e. The molecule has 1 fully saturated rings. The van der Waals surface area contributed by atoms with Crippen LogP contribution in [0.15, 0.2) is 30.3 Å². The Morgan fingerprint density at radius 2 is 1.78 bits per heavy atom. The lowest BCUT2D eigenvalue weighted by molar-refractivity contribution is -0.197. The number of fused-ring (bicyclic) bond motifs is 1. The van der Waals surface area contributed by atoms with Crippen LogP contribution in [0.25, 0.3) is 10.9 Å². The van der Waals surface area contributed by atoms with Gasteiger partial charge in [-0.15, -0.1) is 5.06 Å². The van der Waals surface area contributed by atoms with Crippen LogP contribution in [-0.2, 0) is 30.4 Å². The van der Waals surface area contributed by atoms with Crippen LogP contribution in [0.1, 0.15) is 70.1 Å². The lowest BCUT2D eigenvalue weighted by Gasteiger charge is -2.17. The van der Waals surface area contributed by atoms with Gasteiger partial charge in [0, 0.05) is 49.9 Å². The summed E-state index contributed by atoms with van der Waals surface area (Å²) in [6, 6.07) is 9.97. The second kappa shape index (κ2) is 13.1. The number of likely N-dealkylation sites (N-methyl/N-ethyl adjacent to an activating group) is 1. The lowest BCUT2D eigenvalue weighted by atomic mass is 9.95. The van der Waals surface area contributed by atoms with Gasteiger partial charge in [-0.2, -0.15) is 0 Å². The van der Waals surface area contributed by atoms with Crippen LogP contribution in [0.2, 0.25) is 0 Å². The fraction of sp³-hybridized carbons (Fsp3) is 0.519. The Kier molecular flexibility index (Phi) is 9.93. The Bertz CT molecular complexity index is 1080. The molecule has 3 amide bonds. The Balaban J connectivity index is 1.51. The van der Waals surface area contributed by atoms with E-state index in [2.05, 4.69) is 24.1 Å². The summed E-state index contributed by atoms with van der Waals surface area (Å²) in [6.07, 6.45) is 1.70. The second-order valence-corrected chi connectivity index (χ2v) is 9.12. The van der Waals surface area contributed by atoms with Gasteiger partial charge in [0.15, 0.2) is 0 Å². The van der Waals surface area contributed by atoms with Gasteiger partial charge < -0.3 is 15.1 Å². The number of benzene rings is 1. The molecular weight excluding hydrogens is 460 g/mol. The molecule has 1 aromatic heterocycles. The number of aryl methyl sites for hydroxylation is 1. The topological polar surface area (TPSA) is 109 Å². The van der Waals surface area contributed by atoms with Crippen molar-refractivity contribution in [1.29, 1.82) is 0 Å². The normalized spacial score (nSPS) is 14.5. The quantitative estimate of drug-likeness (QED) is 0.425. The molecule has 0 spiro atoms. The summed E-state index contributed by atoms with van der Waals surface area (Å²) in [7, 11) is 0. The third-order valence-electron chi connectivity index (χ3n) is 6.58. The Labute approximate surface area is 212 Å². The number of hydrogen-bond donors (Lipinski definition) is 1. The summed E-state index contributed by atoms with van der Waals surface area (Å²) >= 11 is 0. The maximum atomic E-state index is 12.2. The molecule has 194 valence electrons. The van der Waals surface area contributed by atoms with Gasteiger partial charge in [-0.1, -0.05) is 39.0 Å². The maximum absolute atomic E-state index is 12.2. The summed E-state index contributed by atoms with van der Waals surface area (Å²) in [4.78, 5) is 59.5. The highest BCUT2D eigenvalue weighted by Gasteiger charge is 2.32. The fourth-order valence-electron chi connectivity index (χ4n) is 4.15. The highest BCUT2D eigenvalue weighted by atomic mass is 16.7. The van der Waals surface area contributed by atoms with Crippen LogP contribution >= 0.6 is 0 Å². The van der Waals surface area contributed by atoms with Crippen molar-refractivity contribution in [3.63, 3.8) is 0 Å². The van der Waals surface area contributed by atoms with Gasteiger partial charge >= 0.3 is 5.97 Å². The third kappa shape index (κ3) is 7.58. The SMILES string of the molecule is CCN(CC)CCNC(=O)CCc1ccc2ccc(C(C)CCC(=O)ON3C(=O)CCC3=O)cc2n1. The molecule has 9 nitrogen and oxygen atoms in total. The van der Waals surface area contributed by atoms with Crippen LogP contribution < -0.4 is 5.32 Å². The second-order valence-electron chi connectivity index (χ2n) is 9.12. The van der Waals surface area contributed by atoms with E-state index >= 15 is 0 Å². The van der Waals surface area contributed by atoms with Gasteiger partial charge in [0.2, 0.25) is 5.91 Å². The van der Waals surface area contributed by atoms with Crippen molar-refractivity contribution in [3.05, 3.63) is 41.6 Å². The first kappa shape index (κ1) is 27.3. The zero-order valence-electron chi connectivity index (χ0n) is 21.4. The van der Waals surface area contributed by atoms with E-state index in [4.69, 9.17) is 9.82 Å². The molecule has 36 heavy (non-hydrogen) atoms. The molecule has 1 N–H and O–H groups in total. The number of nitrogens with zero attached hydrogens (tertiary/aromatic N) is 3. The van der Waals surface area contributed by atoms with Crippen LogP contribution in [0.4, 0.5) is 0 Å². The van der Waals surface area contributed by atoms with Gasteiger partial charge in [-0.25, -0.2) is 4.79 Å². The van der Waals surface area contributed by atoms with E-state index in [1.54, 1.807) is 0 Å². The number of aromatic nitrogens is 1. The molecule has 1 saturated heterocycles. The van der Waals surface area contributed by atoms with E-state index < -0.39 is 17.8 Å². The minimum atomic E-state index is -0.595. The zero-order chi connectivity index (χ0) is 26.1. The molecule has 1 aliphatic heterocycles. The van der Waals surface area contributed by atoms with Crippen molar-refractivity contribution in [2.45, 2.75) is 65.2 Å². The maximum Gasteiger partial charge on any atom is 0.333 e. The van der Waals surface area contributed by atoms with Crippen molar-refractivity contribution in [2.75, 3.05) is 26.2 Å². The molecule has 0 bridgehead atoms. The number of pyridine rings is 1. The summed E-state index contributed by atoms with van der Waals surface area (Å²) in [5.41, 5.74) is 2.73. The highest BCUT2D eigenvalue weighted by molar-refractivity contribution is 6.01. The summed E-state index contributed by atoms with van der Waals surface area (Å²) in [5.74, 6) is -1.48. The van der Waals surface area contributed by atoms with E-state index in [0.29, 0.717) is 30.9 Å². The average molecular weight is 497 g/mol. The van der Waals surface area contributed by atoms with Gasteiger partial charge in [0.25, 0.3) is 11.8 Å². The number of nitrogens with one attached hydrogen (secondary N) is 1. The molecule has 0 aliphatic carbocycles. The van der Waals surface area contributed by atoms with Crippen molar-refractivity contribution in [1.82, 2.24) is 20.3 Å². The van der Waals surface area contributed by atoms with E-state index in [0.717, 1.165) is 41.8 Å². The van der Waals surface area contributed by atoms with Crippen molar-refractivity contribution >= 4 is 34.6 Å². The first-order valence-corrected chi connectivity index (χ1v) is 12.8. The summed E-state index contributed by atoms with van der Waals surface area (Å²) in [5, 5.41) is 4.56. The largest absolute Gasteiger partial charge is 0.355 e. The number of amides is 3. The molecule has 0 saturated carbocycles. The van der Waals surface area contributed by atoms with Crippen LogP contribution in [-0.4, -0.2) is 64.8 Å². The summed E-state index contributed by atoms with van der Waals surface area (Å²) in [6.45, 7) is 9.66. The van der Waals surface area contributed by atoms with Crippen molar-refractivity contribution < 1.29 is 24.0 Å². The Morgan fingerprint density at radius 3 is 2.47 bits per heavy atom. The van der Waals surface area contributed by atoms with E-state index in [1.165, 1.54) is 0 Å². The third-order valence-corrected chi connectivity index (χ3v) is 6.58. The van der Waals surface area contributed by atoms with Crippen molar-refractivity contribution in [3.8, 4) is 0 Å². The number of hydrogen-bond acceptors (Lipinski definition) is 7. The van der Waals surface area contributed by atoms with Gasteiger partial charge in [-0.3, -0.25) is 19.4 Å². The molecule has 2 heterocycles. The monoisotopic (exact) mass is 496 g/mol. The molecule has 9 heteroatoms. The first-order valence-electron chi connectivity index (χ1n) is 12.8. The van der Waals surface area contributed by atoms with E-state index in [1.807, 2.05) is 37.3 Å². The fourth-order valence-corrected chi connectivity index (χ4v) is 4.15. The molecule has 0 radical (unpaired) electrons. The number of carbonyl (C=O) groups excluding carboxylic acids is 4. The molecule has 1 aromatic carbocycles. The van der Waals surface area contributed by atoms with Gasteiger partial charge in [0.05, 0.1) is 5.52 Å². The van der Waals surface area contributed by atoms with E-state index in [-0.39, 0.29) is 31.1 Å². The number of rotatable bonds is 13. The van der Waals surface area contributed by atoms with E-state index in [9.17, 15) is 19.2 Å². The summed E-state index contributed by atoms with van der Waals surface area (Å²) < 4.78 is 0. The Morgan fingerprint density at radius 1 is 1.08 bits per heavy atom. The van der Waals surface area contributed by atoms with Gasteiger partial charge in [-0.05, 0) is 49.5 Å².